The van der Waals surface area contributed by atoms with E-state index in [1.54, 1.807) is 30.3 Å². The normalized spacial score (nSPS) is 10.1. The highest BCUT2D eigenvalue weighted by Gasteiger charge is 2.09. The highest BCUT2D eigenvalue weighted by atomic mass is 35.5. The maximum absolute atomic E-state index is 11.9. The van der Waals surface area contributed by atoms with Crippen molar-refractivity contribution in [1.82, 2.24) is 5.32 Å². The summed E-state index contributed by atoms with van der Waals surface area (Å²) in [5.74, 6) is 0.585. The zero-order chi connectivity index (χ0) is 17.4. The summed E-state index contributed by atoms with van der Waals surface area (Å²) in [6.45, 7) is 2.47. The molecule has 5 nitrogen and oxygen atoms in total. The van der Waals surface area contributed by atoms with Crippen LogP contribution in [0, 0.1) is 0 Å². The van der Waals surface area contributed by atoms with Gasteiger partial charge in [-0.25, -0.2) is 0 Å². The monoisotopic (exact) mass is 347 g/mol. The number of aldehydes is 1. The Kier molecular flexibility index (Phi) is 6.63. The zero-order valence-corrected chi connectivity index (χ0v) is 14.0. The average molecular weight is 348 g/mol. The number of hydrogen-bond acceptors (Lipinski definition) is 4. The first-order valence-corrected chi connectivity index (χ1v) is 7.86. The average Bonchev–Trinajstić information content (AvgIpc) is 2.59. The molecule has 0 aliphatic rings. The third-order valence-electron chi connectivity index (χ3n) is 3.14. The Morgan fingerprint density at radius 2 is 2.00 bits per heavy atom. The molecular formula is C18H18ClNO4. The van der Waals surface area contributed by atoms with Crippen LogP contribution in [0.2, 0.25) is 5.02 Å². The molecule has 0 aliphatic heterocycles. The second-order valence-electron chi connectivity index (χ2n) is 4.95. The molecule has 0 heterocycles. The second-order valence-corrected chi connectivity index (χ2v) is 5.39. The van der Waals surface area contributed by atoms with Crippen LogP contribution in [0.4, 0.5) is 0 Å². The number of ether oxygens (including phenoxy) is 2. The van der Waals surface area contributed by atoms with Crippen LogP contribution in [0.15, 0.2) is 42.5 Å². The molecule has 0 aromatic heterocycles. The Hall–Kier alpha value is -2.53. The van der Waals surface area contributed by atoms with Gasteiger partial charge < -0.3 is 14.8 Å². The summed E-state index contributed by atoms with van der Waals surface area (Å²) in [7, 11) is 0. The van der Waals surface area contributed by atoms with Crippen LogP contribution in [0.3, 0.4) is 0 Å². The second kappa shape index (κ2) is 8.93. The third kappa shape index (κ3) is 5.28. The highest BCUT2D eigenvalue weighted by molar-refractivity contribution is 6.30. The van der Waals surface area contributed by atoms with E-state index < -0.39 is 0 Å². The van der Waals surface area contributed by atoms with Crippen LogP contribution < -0.4 is 14.8 Å². The van der Waals surface area contributed by atoms with E-state index in [4.69, 9.17) is 21.1 Å². The number of amides is 1. The van der Waals surface area contributed by atoms with Gasteiger partial charge in [-0.05, 0) is 42.8 Å². The molecule has 0 saturated heterocycles. The number of halogens is 1. The highest BCUT2D eigenvalue weighted by Crippen LogP contribution is 2.27. The molecular weight excluding hydrogens is 330 g/mol. The first-order chi connectivity index (χ1) is 11.6. The van der Waals surface area contributed by atoms with E-state index in [0.717, 1.165) is 11.8 Å². The van der Waals surface area contributed by atoms with E-state index >= 15 is 0 Å². The van der Waals surface area contributed by atoms with Gasteiger partial charge in [0.2, 0.25) is 0 Å². The minimum atomic E-state index is -0.267. The van der Waals surface area contributed by atoms with E-state index in [1.807, 2.05) is 19.1 Å². The lowest BCUT2D eigenvalue weighted by molar-refractivity contribution is -0.123. The third-order valence-corrected chi connectivity index (χ3v) is 3.38. The smallest absolute Gasteiger partial charge is 0.258 e. The van der Waals surface area contributed by atoms with Crippen molar-refractivity contribution >= 4 is 23.8 Å². The van der Waals surface area contributed by atoms with Crippen molar-refractivity contribution in [1.29, 1.82) is 0 Å². The molecule has 6 heteroatoms. The molecule has 126 valence electrons. The number of hydrogen-bond donors (Lipinski definition) is 1. The minimum Gasteiger partial charge on any atom is -0.490 e. The number of nitrogens with one attached hydrogen (secondary N) is 1. The summed E-state index contributed by atoms with van der Waals surface area (Å²) in [6, 6.07) is 12.0. The lowest BCUT2D eigenvalue weighted by atomic mass is 10.2. The fourth-order valence-corrected chi connectivity index (χ4v) is 2.24. The Morgan fingerprint density at radius 1 is 1.17 bits per heavy atom. The summed E-state index contributed by atoms with van der Waals surface area (Å²) in [5.41, 5.74) is 1.39. The summed E-state index contributed by atoms with van der Waals surface area (Å²) in [4.78, 5) is 22.7. The van der Waals surface area contributed by atoms with Crippen LogP contribution >= 0.6 is 11.6 Å². The molecule has 2 rings (SSSR count). The van der Waals surface area contributed by atoms with Crippen molar-refractivity contribution in [3.63, 3.8) is 0 Å². The molecule has 0 unspecified atom stereocenters. The first-order valence-electron chi connectivity index (χ1n) is 7.48. The molecule has 2 aromatic rings. The first kappa shape index (κ1) is 17.8. The summed E-state index contributed by atoms with van der Waals surface area (Å²) >= 11 is 5.90. The van der Waals surface area contributed by atoms with Crippen LogP contribution in [-0.4, -0.2) is 25.4 Å². The van der Waals surface area contributed by atoms with Crippen molar-refractivity contribution in [3.8, 4) is 11.5 Å². The van der Waals surface area contributed by atoms with Gasteiger partial charge in [-0.2, -0.15) is 0 Å². The molecule has 0 spiro atoms. The van der Waals surface area contributed by atoms with Crippen molar-refractivity contribution in [3.05, 3.63) is 58.6 Å². The summed E-state index contributed by atoms with van der Waals surface area (Å²) in [5, 5.41) is 3.37. The van der Waals surface area contributed by atoms with Crippen molar-refractivity contribution in [2.75, 3.05) is 13.2 Å². The molecule has 0 fully saturated rings. The van der Waals surface area contributed by atoms with Crippen molar-refractivity contribution < 1.29 is 19.1 Å². The summed E-state index contributed by atoms with van der Waals surface area (Å²) < 4.78 is 10.9. The van der Waals surface area contributed by atoms with Gasteiger partial charge in [0.15, 0.2) is 18.1 Å². The largest absolute Gasteiger partial charge is 0.490 e. The Morgan fingerprint density at radius 3 is 2.71 bits per heavy atom. The molecule has 0 bridgehead atoms. The predicted octanol–water partition coefficient (Wildman–Crippen LogP) is 3.25. The van der Waals surface area contributed by atoms with Gasteiger partial charge in [0.25, 0.3) is 5.91 Å². The molecule has 0 radical (unpaired) electrons. The molecule has 0 atom stereocenters. The molecule has 0 aliphatic carbocycles. The van der Waals surface area contributed by atoms with Crippen molar-refractivity contribution in [2.24, 2.45) is 0 Å². The lowest BCUT2D eigenvalue weighted by Gasteiger charge is -2.12. The van der Waals surface area contributed by atoms with Gasteiger partial charge in [-0.3, -0.25) is 9.59 Å². The molecule has 1 N–H and O–H groups in total. The molecule has 24 heavy (non-hydrogen) atoms. The van der Waals surface area contributed by atoms with Gasteiger partial charge in [0.1, 0.15) is 6.29 Å². The Balaban J connectivity index is 1.90. The van der Waals surface area contributed by atoms with Crippen molar-refractivity contribution in [2.45, 2.75) is 13.5 Å². The predicted molar refractivity (Wildman–Crippen MR) is 91.8 cm³/mol. The lowest BCUT2D eigenvalue weighted by Crippen LogP contribution is -2.28. The fourth-order valence-electron chi connectivity index (χ4n) is 2.03. The molecule has 1 amide bonds. The topological polar surface area (TPSA) is 64.6 Å². The standard InChI is InChI=1S/C18H18ClNO4/c1-2-23-17-9-14(11-21)6-7-16(17)24-12-18(22)20-10-13-4-3-5-15(19)8-13/h3-9,11H,2,10,12H2,1H3,(H,20,22). The van der Waals surface area contributed by atoms with Gasteiger partial charge in [0.05, 0.1) is 6.61 Å². The quantitative estimate of drug-likeness (QED) is 0.744. The minimum absolute atomic E-state index is 0.152. The maximum atomic E-state index is 11.9. The van der Waals surface area contributed by atoms with E-state index in [9.17, 15) is 9.59 Å². The molecule has 0 saturated carbocycles. The number of carbonyl (C=O) groups excluding carboxylic acids is 2. The van der Waals surface area contributed by atoms with Crippen LogP contribution in [0.1, 0.15) is 22.8 Å². The fraction of sp³-hybridized carbons (Fsp3) is 0.222. The Labute approximate surface area is 145 Å². The van der Waals surface area contributed by atoms with Crippen LogP contribution in [0.25, 0.3) is 0 Å². The van der Waals surface area contributed by atoms with Gasteiger partial charge >= 0.3 is 0 Å². The van der Waals surface area contributed by atoms with Gasteiger partial charge in [-0.15, -0.1) is 0 Å². The van der Waals surface area contributed by atoms with E-state index in [0.29, 0.717) is 35.2 Å². The van der Waals surface area contributed by atoms with Gasteiger partial charge in [0, 0.05) is 17.1 Å². The van der Waals surface area contributed by atoms with Crippen LogP contribution in [0.5, 0.6) is 11.5 Å². The van der Waals surface area contributed by atoms with Crippen LogP contribution in [-0.2, 0) is 11.3 Å². The number of carbonyl (C=O) groups is 2. The van der Waals surface area contributed by atoms with E-state index in [1.165, 1.54) is 0 Å². The van der Waals surface area contributed by atoms with E-state index in [2.05, 4.69) is 5.32 Å². The maximum Gasteiger partial charge on any atom is 0.258 e. The molecule has 2 aromatic carbocycles. The zero-order valence-electron chi connectivity index (χ0n) is 13.3. The van der Waals surface area contributed by atoms with Gasteiger partial charge in [-0.1, -0.05) is 23.7 Å². The number of rotatable bonds is 8. The number of benzene rings is 2. The Bertz CT molecular complexity index is 718. The summed E-state index contributed by atoms with van der Waals surface area (Å²) in [6.07, 6.45) is 0.726. The SMILES string of the molecule is CCOc1cc(C=O)ccc1OCC(=O)NCc1cccc(Cl)c1. The van der Waals surface area contributed by atoms with E-state index in [-0.39, 0.29) is 12.5 Å².